The summed E-state index contributed by atoms with van der Waals surface area (Å²) < 4.78 is 6.10. The summed E-state index contributed by atoms with van der Waals surface area (Å²) in [4.78, 5) is 26.5. The molecule has 5 nitrogen and oxygen atoms in total. The zero-order chi connectivity index (χ0) is 22.0. The molecule has 1 unspecified atom stereocenters. The average molecular weight is 409 g/mol. The fourth-order valence-corrected chi connectivity index (χ4v) is 4.19. The number of nitrogens with zero attached hydrogens (tertiary/aromatic N) is 1. The van der Waals surface area contributed by atoms with E-state index in [0.29, 0.717) is 25.5 Å². The highest BCUT2D eigenvalue weighted by molar-refractivity contribution is 6.06. The minimum Gasteiger partial charge on any atom is -0.493 e. The number of carbonyl (C=O) groups excluding carboxylic acids is 2. The van der Waals surface area contributed by atoms with Gasteiger partial charge in [0.15, 0.2) is 0 Å². The second kappa shape index (κ2) is 8.90. The van der Waals surface area contributed by atoms with Gasteiger partial charge in [0.25, 0.3) is 5.91 Å². The quantitative estimate of drug-likeness (QED) is 0.674. The van der Waals surface area contributed by atoms with Crippen molar-refractivity contribution in [2.45, 2.75) is 59.9 Å². The normalized spacial score (nSPS) is 15.5. The zero-order valence-electron chi connectivity index (χ0n) is 18.8. The van der Waals surface area contributed by atoms with Gasteiger partial charge in [-0.3, -0.25) is 9.59 Å². The molecule has 0 aliphatic carbocycles. The first-order chi connectivity index (χ1) is 14.2. The Labute approximate surface area is 179 Å². The molecule has 0 saturated heterocycles. The lowest BCUT2D eigenvalue weighted by Gasteiger charge is -2.20. The maximum absolute atomic E-state index is 13.1. The topological polar surface area (TPSA) is 58.6 Å². The smallest absolute Gasteiger partial charge is 0.254 e. The van der Waals surface area contributed by atoms with Crippen LogP contribution in [0.2, 0.25) is 0 Å². The first kappa shape index (κ1) is 21.9. The minimum absolute atomic E-state index is 0.0766. The van der Waals surface area contributed by atoms with Crippen LogP contribution in [0.3, 0.4) is 0 Å². The fourth-order valence-electron chi connectivity index (χ4n) is 4.19. The van der Waals surface area contributed by atoms with E-state index in [0.717, 1.165) is 28.1 Å². The van der Waals surface area contributed by atoms with Gasteiger partial charge in [0.1, 0.15) is 11.8 Å². The SMILES string of the molecule is CC(=O)NC1C(=O)N(CCCOc2cc(C)ccc2C(C)C)c2c(C)cc(C)cc21. The maximum atomic E-state index is 13.1. The standard InChI is InChI=1S/C25H32N2O3/c1-15(2)20-9-8-16(3)14-22(20)30-11-7-10-27-24-18(5)12-17(4)13-21(24)23(25(27)29)26-19(6)28/h8-9,12-15,23H,7,10-11H2,1-6H3,(H,26,28). The number of anilines is 1. The summed E-state index contributed by atoms with van der Waals surface area (Å²) in [5, 5.41) is 2.81. The lowest BCUT2D eigenvalue weighted by Crippen LogP contribution is -2.37. The van der Waals surface area contributed by atoms with Gasteiger partial charge < -0.3 is 15.0 Å². The van der Waals surface area contributed by atoms with Crippen LogP contribution >= 0.6 is 0 Å². The molecule has 2 amide bonds. The molecule has 0 bridgehead atoms. The third-order valence-corrected chi connectivity index (χ3v) is 5.49. The van der Waals surface area contributed by atoms with Gasteiger partial charge in [0.05, 0.1) is 12.3 Å². The van der Waals surface area contributed by atoms with Gasteiger partial charge in [-0.1, -0.05) is 43.7 Å². The van der Waals surface area contributed by atoms with E-state index in [1.807, 2.05) is 19.9 Å². The number of amides is 2. The molecule has 0 spiro atoms. The molecule has 30 heavy (non-hydrogen) atoms. The third kappa shape index (κ3) is 4.50. The van der Waals surface area contributed by atoms with Crippen molar-refractivity contribution in [3.63, 3.8) is 0 Å². The Kier molecular flexibility index (Phi) is 6.49. The molecule has 2 aromatic rings. The number of hydrogen-bond donors (Lipinski definition) is 1. The Morgan fingerprint density at radius 3 is 2.53 bits per heavy atom. The van der Waals surface area contributed by atoms with E-state index in [2.05, 4.69) is 50.4 Å². The van der Waals surface area contributed by atoms with E-state index in [9.17, 15) is 9.59 Å². The van der Waals surface area contributed by atoms with Crippen molar-refractivity contribution < 1.29 is 14.3 Å². The van der Waals surface area contributed by atoms with Gasteiger partial charge in [-0.05, 0) is 55.9 Å². The number of aryl methyl sites for hydroxylation is 3. The van der Waals surface area contributed by atoms with Crippen molar-refractivity contribution >= 4 is 17.5 Å². The second-order valence-electron chi connectivity index (χ2n) is 8.54. The van der Waals surface area contributed by atoms with Crippen molar-refractivity contribution in [3.05, 3.63) is 58.1 Å². The van der Waals surface area contributed by atoms with Crippen LogP contribution in [0, 0.1) is 20.8 Å². The molecule has 5 heteroatoms. The molecule has 1 aliphatic heterocycles. The van der Waals surface area contributed by atoms with Crippen molar-refractivity contribution in [2.75, 3.05) is 18.1 Å². The molecule has 3 rings (SSSR count). The molecule has 0 radical (unpaired) electrons. The largest absolute Gasteiger partial charge is 0.493 e. The summed E-state index contributed by atoms with van der Waals surface area (Å²) in [7, 11) is 0. The predicted molar refractivity (Wildman–Crippen MR) is 120 cm³/mol. The summed E-state index contributed by atoms with van der Waals surface area (Å²) in [5.41, 5.74) is 6.30. The van der Waals surface area contributed by atoms with Gasteiger partial charge in [0, 0.05) is 19.0 Å². The molecule has 160 valence electrons. The number of nitrogens with one attached hydrogen (secondary N) is 1. The van der Waals surface area contributed by atoms with Crippen LogP contribution in [0.25, 0.3) is 0 Å². The summed E-state index contributed by atoms with van der Waals surface area (Å²) in [6.07, 6.45) is 0.705. The molecular weight excluding hydrogens is 376 g/mol. The van der Waals surface area contributed by atoms with Crippen molar-refractivity contribution in [1.29, 1.82) is 0 Å². The summed E-state index contributed by atoms with van der Waals surface area (Å²) >= 11 is 0. The second-order valence-corrected chi connectivity index (χ2v) is 8.54. The van der Waals surface area contributed by atoms with Crippen LogP contribution in [0.5, 0.6) is 5.75 Å². The summed E-state index contributed by atoms with van der Waals surface area (Å²) in [6.45, 7) is 12.9. The van der Waals surface area contributed by atoms with E-state index in [-0.39, 0.29) is 11.8 Å². The highest BCUT2D eigenvalue weighted by Gasteiger charge is 2.38. The summed E-state index contributed by atoms with van der Waals surface area (Å²) in [5.74, 6) is 1.02. The monoisotopic (exact) mass is 408 g/mol. The molecule has 2 aromatic carbocycles. The number of carbonyl (C=O) groups is 2. The van der Waals surface area contributed by atoms with Crippen LogP contribution in [-0.4, -0.2) is 25.0 Å². The van der Waals surface area contributed by atoms with Crippen LogP contribution in [-0.2, 0) is 9.59 Å². The van der Waals surface area contributed by atoms with Crippen LogP contribution in [0.4, 0.5) is 5.69 Å². The molecular formula is C25H32N2O3. The molecule has 1 atom stereocenters. The zero-order valence-corrected chi connectivity index (χ0v) is 18.8. The van der Waals surface area contributed by atoms with Gasteiger partial charge in [-0.15, -0.1) is 0 Å². The Bertz CT molecular complexity index is 965. The maximum Gasteiger partial charge on any atom is 0.254 e. The van der Waals surface area contributed by atoms with E-state index >= 15 is 0 Å². The molecule has 1 N–H and O–H groups in total. The van der Waals surface area contributed by atoms with Crippen molar-refractivity contribution in [2.24, 2.45) is 0 Å². The molecule has 0 aromatic heterocycles. The first-order valence-electron chi connectivity index (χ1n) is 10.6. The Hall–Kier alpha value is -2.82. The Morgan fingerprint density at radius 1 is 1.13 bits per heavy atom. The highest BCUT2D eigenvalue weighted by atomic mass is 16.5. The number of benzene rings is 2. The van der Waals surface area contributed by atoms with Gasteiger partial charge in [0.2, 0.25) is 5.91 Å². The fraction of sp³-hybridized carbons (Fsp3) is 0.440. The van der Waals surface area contributed by atoms with Gasteiger partial charge >= 0.3 is 0 Å². The molecule has 1 heterocycles. The van der Waals surface area contributed by atoms with Gasteiger partial charge in [-0.25, -0.2) is 0 Å². The lowest BCUT2D eigenvalue weighted by molar-refractivity contribution is -0.126. The van der Waals surface area contributed by atoms with Crippen molar-refractivity contribution in [3.8, 4) is 5.75 Å². The van der Waals surface area contributed by atoms with Gasteiger partial charge in [-0.2, -0.15) is 0 Å². The van der Waals surface area contributed by atoms with E-state index < -0.39 is 6.04 Å². The molecule has 0 fully saturated rings. The third-order valence-electron chi connectivity index (χ3n) is 5.49. The number of rotatable bonds is 7. The molecule has 1 aliphatic rings. The van der Waals surface area contributed by atoms with Crippen LogP contribution < -0.4 is 15.0 Å². The lowest BCUT2D eigenvalue weighted by atomic mass is 10.0. The Morgan fingerprint density at radius 2 is 1.87 bits per heavy atom. The number of ether oxygens (including phenoxy) is 1. The Balaban J connectivity index is 1.73. The van der Waals surface area contributed by atoms with Crippen LogP contribution in [0.1, 0.15) is 67.0 Å². The van der Waals surface area contributed by atoms with Crippen LogP contribution in [0.15, 0.2) is 30.3 Å². The number of hydrogen-bond acceptors (Lipinski definition) is 3. The van der Waals surface area contributed by atoms with E-state index in [4.69, 9.17) is 4.74 Å². The molecule has 0 saturated carbocycles. The number of fused-ring (bicyclic) bond motifs is 1. The van der Waals surface area contributed by atoms with E-state index in [1.165, 1.54) is 18.1 Å². The summed E-state index contributed by atoms with van der Waals surface area (Å²) in [6, 6.07) is 9.77. The van der Waals surface area contributed by atoms with Crippen molar-refractivity contribution in [1.82, 2.24) is 5.32 Å². The highest BCUT2D eigenvalue weighted by Crippen LogP contribution is 2.39. The van der Waals surface area contributed by atoms with E-state index in [1.54, 1.807) is 4.90 Å². The first-order valence-corrected chi connectivity index (χ1v) is 10.6. The average Bonchev–Trinajstić information content (AvgIpc) is 2.90. The minimum atomic E-state index is -0.610. The predicted octanol–water partition coefficient (Wildman–Crippen LogP) is 4.73.